The molecular formula is C11H26N4O. The van der Waals surface area contributed by atoms with E-state index in [1.165, 1.54) is 0 Å². The number of methoxy groups -OCH3 is 1. The molecule has 16 heavy (non-hydrogen) atoms. The van der Waals surface area contributed by atoms with E-state index in [1.807, 2.05) is 6.92 Å². The Hall–Kier alpha value is -0.810. The van der Waals surface area contributed by atoms with Crippen LogP contribution in [0.15, 0.2) is 4.99 Å². The zero-order valence-corrected chi connectivity index (χ0v) is 11.1. The van der Waals surface area contributed by atoms with Crippen molar-refractivity contribution in [2.24, 2.45) is 16.8 Å². The van der Waals surface area contributed by atoms with E-state index in [9.17, 15) is 0 Å². The molecule has 0 amide bonds. The van der Waals surface area contributed by atoms with Crippen LogP contribution < -0.4 is 16.6 Å². The molecule has 5 nitrogen and oxygen atoms in total. The highest BCUT2D eigenvalue weighted by molar-refractivity contribution is 5.79. The van der Waals surface area contributed by atoms with E-state index in [0.717, 1.165) is 6.42 Å². The lowest BCUT2D eigenvalue weighted by molar-refractivity contribution is 0.179. The van der Waals surface area contributed by atoms with Gasteiger partial charge in [0, 0.05) is 13.2 Å². The van der Waals surface area contributed by atoms with Crippen LogP contribution in [-0.2, 0) is 4.74 Å². The fourth-order valence-corrected chi connectivity index (χ4v) is 1.60. The van der Waals surface area contributed by atoms with Crippen molar-refractivity contribution >= 4 is 5.96 Å². The number of guanidine groups is 1. The fourth-order valence-electron chi connectivity index (χ4n) is 1.60. The summed E-state index contributed by atoms with van der Waals surface area (Å²) in [6.07, 6.45) is 1.05. The van der Waals surface area contributed by atoms with Gasteiger partial charge in [0.05, 0.1) is 12.6 Å². The topological polar surface area (TPSA) is 71.7 Å². The van der Waals surface area contributed by atoms with E-state index < -0.39 is 0 Å². The van der Waals surface area contributed by atoms with Crippen molar-refractivity contribution in [3.05, 3.63) is 0 Å². The van der Waals surface area contributed by atoms with Crippen LogP contribution in [0.5, 0.6) is 0 Å². The third kappa shape index (κ3) is 7.48. The molecule has 0 aromatic rings. The van der Waals surface area contributed by atoms with Gasteiger partial charge < -0.3 is 10.1 Å². The van der Waals surface area contributed by atoms with Gasteiger partial charge in [-0.25, -0.2) is 10.8 Å². The van der Waals surface area contributed by atoms with Crippen molar-refractivity contribution in [2.75, 3.05) is 13.7 Å². The van der Waals surface area contributed by atoms with E-state index in [4.69, 9.17) is 10.6 Å². The predicted octanol–water partition coefficient (Wildman–Crippen LogP) is 0.865. The highest BCUT2D eigenvalue weighted by Crippen LogP contribution is 2.06. The Morgan fingerprint density at radius 1 is 1.31 bits per heavy atom. The first-order valence-corrected chi connectivity index (χ1v) is 5.79. The lowest BCUT2D eigenvalue weighted by atomic mass is 10.1. The van der Waals surface area contributed by atoms with Gasteiger partial charge in [0.1, 0.15) is 0 Å². The third-order valence-electron chi connectivity index (χ3n) is 2.10. The molecule has 0 aliphatic carbocycles. The number of rotatable bonds is 6. The number of nitrogens with zero attached hydrogens (tertiary/aromatic N) is 1. The Bertz CT molecular complexity index is 206. The van der Waals surface area contributed by atoms with E-state index in [2.05, 4.69) is 36.5 Å². The number of hydrazine groups is 1. The number of hydrogen-bond acceptors (Lipinski definition) is 3. The molecule has 0 saturated carbocycles. The highest BCUT2D eigenvalue weighted by atomic mass is 16.5. The summed E-state index contributed by atoms with van der Waals surface area (Å²) >= 11 is 0. The number of ether oxygens (including phenoxy) is 1. The van der Waals surface area contributed by atoms with Gasteiger partial charge in [-0.1, -0.05) is 13.8 Å². The Kier molecular flexibility index (Phi) is 7.93. The molecule has 0 aliphatic rings. The van der Waals surface area contributed by atoms with Crippen LogP contribution in [0.2, 0.25) is 0 Å². The van der Waals surface area contributed by atoms with E-state index in [-0.39, 0.29) is 12.1 Å². The summed E-state index contributed by atoms with van der Waals surface area (Å²) < 4.78 is 5.03. The summed E-state index contributed by atoms with van der Waals surface area (Å²) in [7, 11) is 1.67. The Balaban J connectivity index is 4.19. The van der Waals surface area contributed by atoms with Crippen LogP contribution in [0.3, 0.4) is 0 Å². The van der Waals surface area contributed by atoms with Crippen LogP contribution in [0, 0.1) is 5.92 Å². The molecule has 0 bridgehead atoms. The predicted molar refractivity (Wildman–Crippen MR) is 68.1 cm³/mol. The van der Waals surface area contributed by atoms with Crippen LogP contribution in [-0.4, -0.2) is 31.8 Å². The van der Waals surface area contributed by atoms with Crippen molar-refractivity contribution in [1.29, 1.82) is 0 Å². The average Bonchev–Trinajstić information content (AvgIpc) is 2.15. The standard InChI is InChI=1S/C11H26N4O/c1-8(2)6-9(3)13-11(15-12)14-10(4)7-16-5/h8-10H,6-7,12H2,1-5H3,(H2,13,14,15). The smallest absolute Gasteiger partial charge is 0.206 e. The van der Waals surface area contributed by atoms with Gasteiger partial charge in [0.25, 0.3) is 0 Å². The summed E-state index contributed by atoms with van der Waals surface area (Å²) in [5.74, 6) is 6.67. The molecule has 0 radical (unpaired) electrons. The molecule has 5 heteroatoms. The summed E-state index contributed by atoms with van der Waals surface area (Å²) in [5, 5.41) is 3.16. The molecule has 4 N–H and O–H groups in total. The fraction of sp³-hybridized carbons (Fsp3) is 0.909. The normalized spacial score (nSPS) is 16.1. The van der Waals surface area contributed by atoms with Crippen molar-refractivity contribution in [2.45, 2.75) is 46.2 Å². The SMILES string of the molecule is COCC(C)NC(=NC(C)CC(C)C)NN. The molecule has 0 fully saturated rings. The second kappa shape index (κ2) is 8.35. The Labute approximate surface area is 98.8 Å². The van der Waals surface area contributed by atoms with Crippen LogP contribution >= 0.6 is 0 Å². The maximum atomic E-state index is 5.41. The highest BCUT2D eigenvalue weighted by Gasteiger charge is 2.07. The zero-order chi connectivity index (χ0) is 12.6. The van der Waals surface area contributed by atoms with Gasteiger partial charge in [-0.15, -0.1) is 0 Å². The summed E-state index contributed by atoms with van der Waals surface area (Å²) in [6.45, 7) is 9.09. The molecule has 96 valence electrons. The second-order valence-corrected chi connectivity index (χ2v) is 4.60. The monoisotopic (exact) mass is 230 g/mol. The lowest BCUT2D eigenvalue weighted by Crippen LogP contribution is -2.47. The van der Waals surface area contributed by atoms with Crippen molar-refractivity contribution in [1.82, 2.24) is 10.7 Å². The number of nitrogens with one attached hydrogen (secondary N) is 2. The zero-order valence-electron chi connectivity index (χ0n) is 11.1. The van der Waals surface area contributed by atoms with Gasteiger partial charge in [0.15, 0.2) is 0 Å². The molecule has 0 aliphatic heterocycles. The second-order valence-electron chi connectivity index (χ2n) is 4.60. The third-order valence-corrected chi connectivity index (χ3v) is 2.10. The Morgan fingerprint density at radius 2 is 1.94 bits per heavy atom. The minimum Gasteiger partial charge on any atom is -0.383 e. The Morgan fingerprint density at radius 3 is 2.38 bits per heavy atom. The van der Waals surface area contributed by atoms with E-state index in [1.54, 1.807) is 7.11 Å². The van der Waals surface area contributed by atoms with Gasteiger partial charge >= 0.3 is 0 Å². The minimum absolute atomic E-state index is 0.186. The summed E-state index contributed by atoms with van der Waals surface area (Å²) in [5.41, 5.74) is 2.58. The molecule has 0 rings (SSSR count). The number of aliphatic imine (C=N–C) groups is 1. The number of hydrogen-bond donors (Lipinski definition) is 3. The first-order valence-electron chi connectivity index (χ1n) is 5.79. The first kappa shape index (κ1) is 15.2. The van der Waals surface area contributed by atoms with E-state index in [0.29, 0.717) is 18.5 Å². The minimum atomic E-state index is 0.186. The van der Waals surface area contributed by atoms with Crippen molar-refractivity contribution in [3.63, 3.8) is 0 Å². The largest absolute Gasteiger partial charge is 0.383 e. The first-order chi connectivity index (χ1) is 7.49. The van der Waals surface area contributed by atoms with Crippen LogP contribution in [0.25, 0.3) is 0 Å². The quantitative estimate of drug-likeness (QED) is 0.274. The van der Waals surface area contributed by atoms with Crippen LogP contribution in [0.4, 0.5) is 0 Å². The molecule has 2 atom stereocenters. The van der Waals surface area contributed by atoms with Gasteiger partial charge in [0.2, 0.25) is 5.96 Å². The summed E-state index contributed by atoms with van der Waals surface area (Å²) in [4.78, 5) is 4.47. The molecule has 0 spiro atoms. The molecule has 0 heterocycles. The summed E-state index contributed by atoms with van der Waals surface area (Å²) in [6, 6.07) is 0.444. The van der Waals surface area contributed by atoms with Crippen molar-refractivity contribution < 1.29 is 4.74 Å². The molecule has 0 aromatic carbocycles. The average molecular weight is 230 g/mol. The number of nitrogens with two attached hydrogens (primary N) is 1. The van der Waals surface area contributed by atoms with Crippen LogP contribution in [0.1, 0.15) is 34.1 Å². The van der Waals surface area contributed by atoms with Gasteiger partial charge in [-0.3, -0.25) is 5.43 Å². The molecule has 0 aromatic heterocycles. The maximum Gasteiger partial charge on any atom is 0.206 e. The van der Waals surface area contributed by atoms with Gasteiger partial charge in [-0.05, 0) is 26.2 Å². The maximum absolute atomic E-state index is 5.41. The molecular weight excluding hydrogens is 204 g/mol. The van der Waals surface area contributed by atoms with E-state index >= 15 is 0 Å². The van der Waals surface area contributed by atoms with Crippen molar-refractivity contribution in [3.8, 4) is 0 Å². The molecule has 2 unspecified atom stereocenters. The molecule has 0 saturated heterocycles. The lowest BCUT2D eigenvalue weighted by Gasteiger charge is -2.17. The van der Waals surface area contributed by atoms with Gasteiger partial charge in [-0.2, -0.15) is 0 Å².